The van der Waals surface area contributed by atoms with Crippen LogP contribution in [-0.4, -0.2) is 27.6 Å². The topological polar surface area (TPSA) is 88.1 Å². The van der Waals surface area contributed by atoms with Crippen LogP contribution in [0.25, 0.3) is 0 Å². The zero-order valence-electron chi connectivity index (χ0n) is 19.9. The van der Waals surface area contributed by atoms with Gasteiger partial charge < -0.3 is 4.74 Å². The molecule has 0 fully saturated rings. The summed E-state index contributed by atoms with van der Waals surface area (Å²) in [5, 5.41) is 4.05. The van der Waals surface area contributed by atoms with Gasteiger partial charge in [-0.3, -0.25) is 9.10 Å². The van der Waals surface area contributed by atoms with Crippen LogP contribution in [-0.2, 0) is 16.6 Å². The molecule has 0 aliphatic carbocycles. The molecular weight excluding hydrogens is 554 g/mol. The van der Waals surface area contributed by atoms with Gasteiger partial charge in [-0.2, -0.15) is 5.10 Å². The fourth-order valence-electron chi connectivity index (χ4n) is 3.58. The van der Waals surface area contributed by atoms with E-state index in [9.17, 15) is 13.2 Å². The number of hydrogen-bond acceptors (Lipinski definition) is 5. The molecule has 0 spiro atoms. The number of rotatable bonds is 9. The predicted molar refractivity (Wildman–Crippen MR) is 148 cm³/mol. The molecule has 4 aromatic rings. The third-order valence-corrected chi connectivity index (χ3v) is 7.79. The van der Waals surface area contributed by atoms with E-state index < -0.39 is 15.9 Å². The van der Waals surface area contributed by atoms with E-state index in [-0.39, 0.29) is 22.7 Å². The maximum absolute atomic E-state index is 13.9. The van der Waals surface area contributed by atoms with Gasteiger partial charge in [-0.05, 0) is 59.7 Å². The zero-order valence-corrected chi connectivity index (χ0v) is 22.3. The lowest BCUT2D eigenvalue weighted by Crippen LogP contribution is -2.33. The Morgan fingerprint density at radius 3 is 2.24 bits per heavy atom. The van der Waals surface area contributed by atoms with Gasteiger partial charge in [0.1, 0.15) is 5.75 Å². The van der Waals surface area contributed by atoms with E-state index >= 15 is 0 Å². The van der Waals surface area contributed by atoms with Gasteiger partial charge in [0.25, 0.3) is 15.9 Å². The monoisotopic (exact) mass is 577 g/mol. The van der Waals surface area contributed by atoms with Crippen molar-refractivity contribution in [3.05, 3.63) is 124 Å². The van der Waals surface area contributed by atoms with E-state index in [1.54, 1.807) is 36.4 Å². The smallest absolute Gasteiger partial charge is 0.273 e. The molecule has 7 nitrogen and oxygen atoms in total. The molecular formula is C28H24BrN3O4S. The van der Waals surface area contributed by atoms with Crippen molar-refractivity contribution >= 4 is 43.8 Å². The molecule has 4 rings (SSSR count). The fourth-order valence-corrected chi connectivity index (χ4v) is 5.32. The van der Waals surface area contributed by atoms with Crippen LogP contribution in [0.15, 0.2) is 118 Å². The van der Waals surface area contributed by atoms with Gasteiger partial charge in [-0.1, -0.05) is 70.5 Å². The Bertz CT molecular complexity index is 1490. The first-order valence-corrected chi connectivity index (χ1v) is 13.5. The van der Waals surface area contributed by atoms with Gasteiger partial charge in [0.2, 0.25) is 0 Å². The molecule has 0 aromatic heterocycles. The number of halogens is 1. The second kappa shape index (κ2) is 11.9. The third kappa shape index (κ3) is 6.44. The summed E-state index contributed by atoms with van der Waals surface area (Å²) in [6.45, 7) is 0.0294. The molecule has 1 amide bonds. The molecule has 0 atom stereocenters. The van der Waals surface area contributed by atoms with Gasteiger partial charge in [-0.15, -0.1) is 0 Å². The van der Waals surface area contributed by atoms with Crippen molar-refractivity contribution in [1.29, 1.82) is 0 Å². The lowest BCUT2D eigenvalue weighted by molar-refractivity contribution is 0.0955. The molecule has 0 aliphatic heterocycles. The molecule has 0 saturated carbocycles. The molecule has 37 heavy (non-hydrogen) atoms. The molecule has 0 unspecified atom stereocenters. The van der Waals surface area contributed by atoms with Gasteiger partial charge in [0.05, 0.1) is 36.0 Å². The summed E-state index contributed by atoms with van der Waals surface area (Å²) in [5.41, 5.74) is 4.48. The molecule has 0 saturated heterocycles. The number of amides is 1. The average Bonchev–Trinajstić information content (AvgIpc) is 2.93. The summed E-state index contributed by atoms with van der Waals surface area (Å²) < 4.78 is 35.1. The number of ether oxygens (including phenoxy) is 1. The first-order chi connectivity index (χ1) is 17.9. The second-order valence-electron chi connectivity index (χ2n) is 7.94. The van der Waals surface area contributed by atoms with Crippen LogP contribution in [0.2, 0.25) is 0 Å². The molecule has 4 aromatic carbocycles. The molecule has 9 heteroatoms. The van der Waals surface area contributed by atoms with Crippen LogP contribution in [0.4, 0.5) is 5.69 Å². The lowest BCUT2D eigenvalue weighted by atomic mass is 10.1. The van der Waals surface area contributed by atoms with Gasteiger partial charge in [-0.25, -0.2) is 13.8 Å². The summed E-state index contributed by atoms with van der Waals surface area (Å²) in [4.78, 5) is 13.2. The number of methoxy groups -OCH3 is 1. The Morgan fingerprint density at radius 1 is 0.919 bits per heavy atom. The maximum Gasteiger partial charge on any atom is 0.273 e. The lowest BCUT2D eigenvalue weighted by Gasteiger charge is -2.26. The van der Waals surface area contributed by atoms with Crippen molar-refractivity contribution in [1.82, 2.24) is 5.43 Å². The fraction of sp³-hybridized carbons (Fsp3) is 0.0714. The average molecular weight is 578 g/mol. The maximum atomic E-state index is 13.9. The number of para-hydroxylation sites is 1. The van der Waals surface area contributed by atoms with Gasteiger partial charge in [0.15, 0.2) is 0 Å². The largest absolute Gasteiger partial charge is 0.497 e. The second-order valence-corrected chi connectivity index (χ2v) is 10.7. The molecule has 0 bridgehead atoms. The van der Waals surface area contributed by atoms with E-state index in [1.807, 2.05) is 54.6 Å². The summed E-state index contributed by atoms with van der Waals surface area (Å²) in [6, 6.07) is 29.3. The predicted octanol–water partition coefficient (Wildman–Crippen LogP) is 5.62. The third-order valence-electron chi connectivity index (χ3n) is 5.48. The Balaban J connectivity index is 1.70. The summed E-state index contributed by atoms with van der Waals surface area (Å²) in [6.07, 6.45) is 1.52. The van der Waals surface area contributed by atoms with E-state index in [1.165, 1.54) is 29.8 Å². The number of sulfonamides is 1. The minimum atomic E-state index is -4.05. The van der Waals surface area contributed by atoms with Crippen LogP contribution in [0.5, 0.6) is 5.75 Å². The van der Waals surface area contributed by atoms with Crippen molar-refractivity contribution in [2.75, 3.05) is 11.4 Å². The van der Waals surface area contributed by atoms with E-state index in [0.29, 0.717) is 5.75 Å². The zero-order chi connectivity index (χ0) is 26.3. The Hall–Kier alpha value is -3.95. The number of nitrogens with zero attached hydrogens (tertiary/aromatic N) is 2. The van der Waals surface area contributed by atoms with Crippen molar-refractivity contribution in [2.24, 2.45) is 5.10 Å². The normalized spacial score (nSPS) is 11.3. The Kier molecular flexibility index (Phi) is 8.37. The summed E-state index contributed by atoms with van der Waals surface area (Å²) >= 11 is 3.38. The number of carbonyl (C=O) groups excluding carboxylic acids is 1. The van der Waals surface area contributed by atoms with Crippen LogP contribution >= 0.6 is 15.9 Å². The SMILES string of the molecule is COc1ccc(S(=O)(=O)N(Cc2ccccc2)c2ccccc2C(=O)N/N=C\c2ccc(Br)cc2)cc1. The summed E-state index contributed by atoms with van der Waals surface area (Å²) in [7, 11) is -2.53. The van der Waals surface area contributed by atoms with Crippen LogP contribution < -0.4 is 14.5 Å². The van der Waals surface area contributed by atoms with Crippen molar-refractivity contribution in [3.8, 4) is 5.75 Å². The first-order valence-electron chi connectivity index (χ1n) is 11.3. The van der Waals surface area contributed by atoms with Crippen LogP contribution in [0.1, 0.15) is 21.5 Å². The molecule has 1 N–H and O–H groups in total. The van der Waals surface area contributed by atoms with E-state index in [4.69, 9.17) is 4.74 Å². The van der Waals surface area contributed by atoms with Crippen molar-refractivity contribution < 1.29 is 17.9 Å². The van der Waals surface area contributed by atoms with Crippen LogP contribution in [0, 0.1) is 0 Å². The van der Waals surface area contributed by atoms with Crippen molar-refractivity contribution in [2.45, 2.75) is 11.4 Å². The standard InChI is InChI=1S/C28H24BrN3O4S/c1-36-24-15-17-25(18-16-24)37(34,35)32(20-22-7-3-2-4-8-22)27-10-6-5-9-26(27)28(33)31-30-19-21-11-13-23(29)14-12-21/h2-19H,20H2,1H3,(H,31,33)/b30-19-. The highest BCUT2D eigenvalue weighted by molar-refractivity contribution is 9.10. The van der Waals surface area contributed by atoms with Crippen LogP contribution in [0.3, 0.4) is 0 Å². The number of hydrazone groups is 1. The number of hydrogen-bond donors (Lipinski definition) is 1. The highest BCUT2D eigenvalue weighted by Gasteiger charge is 2.28. The Labute approximate surface area is 224 Å². The highest BCUT2D eigenvalue weighted by Crippen LogP contribution is 2.30. The van der Waals surface area contributed by atoms with Gasteiger partial charge >= 0.3 is 0 Å². The first kappa shape index (κ1) is 26.1. The summed E-state index contributed by atoms with van der Waals surface area (Å²) in [5.74, 6) is 0.00364. The highest BCUT2D eigenvalue weighted by atomic mass is 79.9. The van der Waals surface area contributed by atoms with Crippen molar-refractivity contribution in [3.63, 3.8) is 0 Å². The number of carbonyl (C=O) groups is 1. The number of anilines is 1. The minimum Gasteiger partial charge on any atom is -0.497 e. The molecule has 0 aliphatic rings. The number of benzene rings is 4. The quantitative estimate of drug-likeness (QED) is 0.206. The van der Waals surface area contributed by atoms with Gasteiger partial charge in [0, 0.05) is 4.47 Å². The van der Waals surface area contributed by atoms with E-state index in [0.717, 1.165) is 15.6 Å². The number of nitrogens with one attached hydrogen (secondary N) is 1. The molecule has 0 heterocycles. The van der Waals surface area contributed by atoms with E-state index in [2.05, 4.69) is 26.5 Å². The molecule has 0 radical (unpaired) electrons. The molecule has 188 valence electrons. The Morgan fingerprint density at radius 2 is 1.57 bits per heavy atom. The minimum absolute atomic E-state index is 0.0294.